The molecular formula is C13H20N2O2S. The van der Waals surface area contributed by atoms with Gasteiger partial charge in [-0.15, -0.1) is 0 Å². The Bertz CT molecular complexity index is 443. The van der Waals surface area contributed by atoms with Crippen molar-refractivity contribution in [3.8, 4) is 0 Å². The van der Waals surface area contributed by atoms with Gasteiger partial charge in [-0.25, -0.2) is 4.98 Å². The number of ketones is 1. The number of hydrogen-bond donors (Lipinski definition) is 1. The highest BCUT2D eigenvalue weighted by Gasteiger charge is 2.02. The first kappa shape index (κ1) is 15.0. The van der Waals surface area contributed by atoms with Crippen molar-refractivity contribution in [1.29, 1.82) is 0 Å². The Morgan fingerprint density at radius 3 is 2.89 bits per heavy atom. The summed E-state index contributed by atoms with van der Waals surface area (Å²) in [5.74, 6) is 1.11. The predicted octanol–water partition coefficient (Wildman–Crippen LogP) is 2.57. The number of aromatic amines is 1. The van der Waals surface area contributed by atoms with Gasteiger partial charge in [-0.05, 0) is 26.2 Å². The minimum atomic E-state index is -0.0836. The van der Waals surface area contributed by atoms with Crippen molar-refractivity contribution in [3.63, 3.8) is 0 Å². The van der Waals surface area contributed by atoms with E-state index in [4.69, 9.17) is 0 Å². The zero-order chi connectivity index (χ0) is 13.4. The highest BCUT2D eigenvalue weighted by Crippen LogP contribution is 2.14. The van der Waals surface area contributed by atoms with E-state index in [1.165, 1.54) is 0 Å². The summed E-state index contributed by atoms with van der Waals surface area (Å²) in [5, 5.41) is 0.689. The van der Waals surface area contributed by atoms with Gasteiger partial charge in [0.05, 0.1) is 0 Å². The topological polar surface area (TPSA) is 62.8 Å². The third kappa shape index (κ3) is 6.00. The van der Waals surface area contributed by atoms with Crippen molar-refractivity contribution < 1.29 is 4.79 Å². The number of aromatic nitrogens is 2. The van der Waals surface area contributed by atoms with Crippen LogP contribution in [0, 0.1) is 0 Å². The molecule has 0 saturated heterocycles. The maximum Gasteiger partial charge on any atom is 0.251 e. The van der Waals surface area contributed by atoms with Gasteiger partial charge in [-0.1, -0.05) is 25.1 Å². The molecule has 0 atom stereocenters. The average molecular weight is 268 g/mol. The minimum absolute atomic E-state index is 0.0836. The first-order chi connectivity index (χ1) is 8.61. The first-order valence-corrected chi connectivity index (χ1v) is 7.33. The fourth-order valence-corrected chi connectivity index (χ4v) is 2.48. The molecule has 0 aliphatic heterocycles. The fraction of sp³-hybridized carbons (Fsp3) is 0.615. The molecule has 0 bridgehead atoms. The Labute approximate surface area is 112 Å². The van der Waals surface area contributed by atoms with E-state index in [9.17, 15) is 9.59 Å². The molecule has 0 amide bonds. The van der Waals surface area contributed by atoms with Crippen molar-refractivity contribution >= 4 is 17.5 Å². The molecule has 1 heterocycles. The molecule has 4 nitrogen and oxygen atoms in total. The van der Waals surface area contributed by atoms with E-state index in [-0.39, 0.29) is 11.3 Å². The Morgan fingerprint density at radius 1 is 1.44 bits per heavy atom. The van der Waals surface area contributed by atoms with Gasteiger partial charge in [0.25, 0.3) is 5.56 Å². The second kappa shape index (κ2) is 8.08. The third-order valence-electron chi connectivity index (χ3n) is 2.44. The molecule has 5 heteroatoms. The Kier molecular flexibility index (Phi) is 6.72. The number of H-pyrrole nitrogens is 1. The number of rotatable bonds is 8. The quantitative estimate of drug-likeness (QED) is 0.447. The Morgan fingerprint density at radius 2 is 2.22 bits per heavy atom. The number of thioether (sulfide) groups is 1. The molecule has 0 aliphatic rings. The van der Waals surface area contributed by atoms with Crippen LogP contribution in [0.3, 0.4) is 0 Å². The van der Waals surface area contributed by atoms with E-state index in [1.807, 2.05) is 0 Å². The van der Waals surface area contributed by atoms with Crippen molar-refractivity contribution in [2.45, 2.75) is 51.1 Å². The normalized spacial score (nSPS) is 10.6. The van der Waals surface area contributed by atoms with Gasteiger partial charge >= 0.3 is 0 Å². The highest BCUT2D eigenvalue weighted by molar-refractivity contribution is 7.99. The summed E-state index contributed by atoms with van der Waals surface area (Å²) >= 11 is 1.55. The smallest absolute Gasteiger partial charge is 0.251 e. The summed E-state index contributed by atoms with van der Waals surface area (Å²) in [6.07, 6.45) is 4.33. The number of nitrogens with one attached hydrogen (secondary N) is 1. The molecule has 1 rings (SSSR count). The van der Waals surface area contributed by atoms with Gasteiger partial charge in [-0.2, -0.15) is 0 Å². The summed E-state index contributed by atoms with van der Waals surface area (Å²) < 4.78 is 0. The number of carbonyl (C=O) groups excluding carboxylic acids is 1. The molecular weight excluding hydrogens is 248 g/mol. The van der Waals surface area contributed by atoms with Crippen LogP contribution < -0.4 is 5.56 Å². The number of Topliss-reactive ketones (excluding diaryl/α,β-unsaturated/α-hetero) is 1. The first-order valence-electron chi connectivity index (χ1n) is 6.34. The lowest BCUT2D eigenvalue weighted by Crippen LogP contribution is -2.10. The highest BCUT2D eigenvalue weighted by atomic mass is 32.2. The summed E-state index contributed by atoms with van der Waals surface area (Å²) in [4.78, 5) is 29.3. The molecule has 0 spiro atoms. The third-order valence-corrected chi connectivity index (χ3v) is 3.40. The van der Waals surface area contributed by atoms with Crippen molar-refractivity contribution in [2.24, 2.45) is 0 Å². The fourth-order valence-electron chi connectivity index (χ4n) is 1.58. The molecule has 1 aromatic heterocycles. The van der Waals surface area contributed by atoms with Gasteiger partial charge in [0.15, 0.2) is 5.16 Å². The van der Waals surface area contributed by atoms with E-state index in [1.54, 1.807) is 24.8 Å². The summed E-state index contributed by atoms with van der Waals surface area (Å²) in [5.41, 5.74) is 0.771. The van der Waals surface area contributed by atoms with Crippen LogP contribution in [-0.2, 0) is 11.2 Å². The minimum Gasteiger partial charge on any atom is -0.301 e. The van der Waals surface area contributed by atoms with E-state index >= 15 is 0 Å². The van der Waals surface area contributed by atoms with Crippen molar-refractivity contribution in [3.05, 3.63) is 22.1 Å². The molecule has 18 heavy (non-hydrogen) atoms. The largest absolute Gasteiger partial charge is 0.301 e. The van der Waals surface area contributed by atoms with Crippen LogP contribution >= 0.6 is 11.8 Å². The van der Waals surface area contributed by atoms with Crippen LogP contribution in [0.5, 0.6) is 0 Å². The lowest BCUT2D eigenvalue weighted by atomic mass is 10.2. The summed E-state index contributed by atoms with van der Waals surface area (Å²) in [6.45, 7) is 3.68. The molecule has 0 fully saturated rings. The Hall–Kier alpha value is -1.10. The van der Waals surface area contributed by atoms with Crippen LogP contribution in [0.2, 0.25) is 0 Å². The standard InChI is InChI=1S/C13H20N2O2S/c1-3-6-11-9-12(17)15-13(14-11)18-8-5-4-7-10(2)16/h9H,3-8H2,1-2H3,(H,14,15,17). The molecule has 0 aliphatic carbocycles. The number of unbranched alkanes of at least 4 members (excludes halogenated alkanes) is 1. The zero-order valence-corrected chi connectivity index (χ0v) is 11.8. The molecule has 1 N–H and O–H groups in total. The second-order valence-electron chi connectivity index (χ2n) is 4.30. The maximum atomic E-state index is 11.4. The van der Waals surface area contributed by atoms with Crippen molar-refractivity contribution in [1.82, 2.24) is 9.97 Å². The van der Waals surface area contributed by atoms with Crippen molar-refractivity contribution in [2.75, 3.05) is 5.75 Å². The lowest BCUT2D eigenvalue weighted by Gasteiger charge is -2.03. The number of aryl methyl sites for hydroxylation is 1. The van der Waals surface area contributed by atoms with Crippen LogP contribution in [0.4, 0.5) is 0 Å². The second-order valence-corrected chi connectivity index (χ2v) is 5.38. The van der Waals surface area contributed by atoms with Crippen LogP contribution in [0.15, 0.2) is 16.0 Å². The van der Waals surface area contributed by atoms with Crippen LogP contribution in [0.1, 0.15) is 45.2 Å². The molecule has 0 unspecified atom stereocenters. The van der Waals surface area contributed by atoms with Crippen LogP contribution in [-0.4, -0.2) is 21.5 Å². The monoisotopic (exact) mass is 268 g/mol. The van der Waals surface area contributed by atoms with Gasteiger partial charge in [0, 0.05) is 23.9 Å². The molecule has 1 aromatic rings. The van der Waals surface area contributed by atoms with Crippen LogP contribution in [0.25, 0.3) is 0 Å². The predicted molar refractivity (Wildman–Crippen MR) is 74.1 cm³/mol. The molecule has 100 valence electrons. The van der Waals surface area contributed by atoms with Gasteiger partial charge in [0.2, 0.25) is 0 Å². The molecule has 0 saturated carbocycles. The molecule has 0 radical (unpaired) electrons. The number of hydrogen-bond acceptors (Lipinski definition) is 4. The number of nitrogens with zero attached hydrogens (tertiary/aromatic N) is 1. The van der Waals surface area contributed by atoms with E-state index in [0.29, 0.717) is 11.6 Å². The van der Waals surface area contributed by atoms with E-state index in [0.717, 1.165) is 37.1 Å². The summed E-state index contributed by atoms with van der Waals surface area (Å²) in [6, 6.07) is 1.56. The maximum absolute atomic E-state index is 11.4. The SMILES string of the molecule is CCCc1cc(=O)[nH]c(SCCCCC(C)=O)n1. The zero-order valence-electron chi connectivity index (χ0n) is 11.0. The lowest BCUT2D eigenvalue weighted by molar-refractivity contribution is -0.117. The van der Waals surface area contributed by atoms with E-state index in [2.05, 4.69) is 16.9 Å². The number of carbonyl (C=O) groups is 1. The van der Waals surface area contributed by atoms with Gasteiger partial charge in [-0.3, -0.25) is 4.79 Å². The Balaban J connectivity index is 2.41. The van der Waals surface area contributed by atoms with Gasteiger partial charge < -0.3 is 9.78 Å². The van der Waals surface area contributed by atoms with Gasteiger partial charge in [0.1, 0.15) is 5.78 Å². The molecule has 0 aromatic carbocycles. The van der Waals surface area contributed by atoms with E-state index < -0.39 is 0 Å². The average Bonchev–Trinajstić information content (AvgIpc) is 2.28. The summed E-state index contributed by atoms with van der Waals surface area (Å²) in [7, 11) is 0.